The zero-order valence-electron chi connectivity index (χ0n) is 15.2. The summed E-state index contributed by atoms with van der Waals surface area (Å²) in [6.45, 7) is 3.54. The van der Waals surface area contributed by atoms with E-state index < -0.39 is 0 Å². The maximum Gasteiger partial charge on any atom is 0.223 e. The molecule has 1 aromatic rings. The van der Waals surface area contributed by atoms with Crippen LogP contribution in [0.15, 0.2) is 24.3 Å². The lowest BCUT2D eigenvalue weighted by Gasteiger charge is -2.40. The third-order valence-corrected chi connectivity index (χ3v) is 5.74. The molecule has 4 nitrogen and oxygen atoms in total. The second kappa shape index (κ2) is 10.3. The number of hydrogen-bond acceptors (Lipinski definition) is 3. The molecule has 1 aliphatic heterocycles. The Morgan fingerprint density at radius 2 is 1.54 bits per heavy atom. The molecular formula is C20H28Cl2N2O2. The number of carbonyl (C=O) groups is 2. The molecule has 0 N–H and O–H groups in total. The first kappa shape index (κ1) is 21.2. The topological polar surface area (TPSA) is 40.6 Å². The van der Waals surface area contributed by atoms with Crippen molar-refractivity contribution in [1.82, 2.24) is 9.80 Å². The zero-order chi connectivity index (χ0) is 17.6. The Morgan fingerprint density at radius 1 is 0.923 bits per heavy atom. The molecule has 3 rings (SSSR count). The Hall–Kier alpha value is -1.10. The summed E-state index contributed by atoms with van der Waals surface area (Å²) in [5.74, 6) is 0.108. The monoisotopic (exact) mass is 398 g/mol. The Balaban J connectivity index is 0.00000243. The van der Waals surface area contributed by atoms with E-state index in [1.165, 1.54) is 32.1 Å². The van der Waals surface area contributed by atoms with Gasteiger partial charge in [0.05, 0.1) is 0 Å². The summed E-state index contributed by atoms with van der Waals surface area (Å²) in [4.78, 5) is 29.1. The van der Waals surface area contributed by atoms with Crippen molar-refractivity contribution in [1.29, 1.82) is 0 Å². The van der Waals surface area contributed by atoms with Crippen molar-refractivity contribution in [2.24, 2.45) is 0 Å². The number of Topliss-reactive ketones (excluding diaryl/α,β-unsaturated/α-hetero) is 1. The fourth-order valence-electron chi connectivity index (χ4n) is 3.94. The lowest BCUT2D eigenvalue weighted by atomic mass is 9.94. The second-order valence-electron chi connectivity index (χ2n) is 7.14. The van der Waals surface area contributed by atoms with E-state index in [4.69, 9.17) is 11.6 Å². The van der Waals surface area contributed by atoms with Crippen molar-refractivity contribution < 1.29 is 9.59 Å². The minimum Gasteiger partial charge on any atom is -0.340 e. The van der Waals surface area contributed by atoms with Gasteiger partial charge in [0.1, 0.15) is 0 Å². The van der Waals surface area contributed by atoms with Gasteiger partial charge in [0.25, 0.3) is 0 Å². The predicted octanol–water partition coefficient (Wildman–Crippen LogP) is 4.20. The minimum absolute atomic E-state index is 0. The van der Waals surface area contributed by atoms with E-state index in [-0.39, 0.29) is 30.5 Å². The third kappa shape index (κ3) is 5.70. The second-order valence-corrected chi connectivity index (χ2v) is 7.58. The fourth-order valence-corrected chi connectivity index (χ4v) is 4.07. The number of rotatable bonds is 5. The molecule has 2 fully saturated rings. The zero-order valence-corrected chi connectivity index (χ0v) is 16.7. The van der Waals surface area contributed by atoms with E-state index in [0.717, 1.165) is 32.2 Å². The van der Waals surface area contributed by atoms with Crippen LogP contribution in [-0.2, 0) is 4.79 Å². The number of carbonyl (C=O) groups excluding carboxylic acids is 2. The van der Waals surface area contributed by atoms with E-state index in [9.17, 15) is 9.59 Å². The molecule has 0 unspecified atom stereocenters. The molecule has 0 radical (unpaired) electrons. The van der Waals surface area contributed by atoms with Crippen LogP contribution in [0.5, 0.6) is 0 Å². The Morgan fingerprint density at radius 3 is 2.15 bits per heavy atom. The van der Waals surface area contributed by atoms with E-state index in [0.29, 0.717) is 17.0 Å². The van der Waals surface area contributed by atoms with Gasteiger partial charge in [-0.15, -0.1) is 12.4 Å². The van der Waals surface area contributed by atoms with Gasteiger partial charge in [-0.3, -0.25) is 14.5 Å². The summed E-state index contributed by atoms with van der Waals surface area (Å²) in [6, 6.07) is 7.58. The molecule has 6 heteroatoms. The van der Waals surface area contributed by atoms with Crippen molar-refractivity contribution in [3.8, 4) is 0 Å². The number of halogens is 2. The molecule has 1 aromatic carbocycles. The van der Waals surface area contributed by atoms with Crippen LogP contribution >= 0.6 is 24.0 Å². The van der Waals surface area contributed by atoms with Gasteiger partial charge >= 0.3 is 0 Å². The molecule has 1 amide bonds. The lowest BCUT2D eigenvalue weighted by molar-refractivity contribution is -0.133. The summed E-state index contributed by atoms with van der Waals surface area (Å²) < 4.78 is 0. The summed E-state index contributed by atoms with van der Waals surface area (Å²) in [7, 11) is 0. The first-order chi connectivity index (χ1) is 12.1. The SMILES string of the molecule is Cl.O=C(CCC(=O)N1CCN(C2CCCCC2)CC1)c1ccc(Cl)cc1. The van der Waals surface area contributed by atoms with Crippen molar-refractivity contribution in [2.75, 3.05) is 26.2 Å². The molecule has 1 saturated carbocycles. The smallest absolute Gasteiger partial charge is 0.223 e. The minimum atomic E-state index is 0. The number of hydrogen-bond donors (Lipinski definition) is 0. The van der Waals surface area contributed by atoms with Crippen LogP contribution in [0.1, 0.15) is 55.3 Å². The van der Waals surface area contributed by atoms with E-state index in [2.05, 4.69) is 4.90 Å². The number of ketones is 1. The fraction of sp³-hybridized carbons (Fsp3) is 0.600. The summed E-state index contributed by atoms with van der Waals surface area (Å²) in [5.41, 5.74) is 0.624. The van der Waals surface area contributed by atoms with Gasteiger partial charge in [0.2, 0.25) is 5.91 Å². The van der Waals surface area contributed by atoms with Crippen LogP contribution < -0.4 is 0 Å². The molecule has 26 heavy (non-hydrogen) atoms. The highest BCUT2D eigenvalue weighted by atomic mass is 35.5. The highest BCUT2D eigenvalue weighted by Crippen LogP contribution is 2.23. The van der Waals surface area contributed by atoms with Crippen LogP contribution in [0.4, 0.5) is 0 Å². The number of nitrogens with zero attached hydrogens (tertiary/aromatic N) is 2. The van der Waals surface area contributed by atoms with Gasteiger partial charge in [-0.05, 0) is 37.1 Å². The normalized spacial score (nSPS) is 19.0. The molecule has 1 saturated heterocycles. The highest BCUT2D eigenvalue weighted by molar-refractivity contribution is 6.30. The first-order valence-electron chi connectivity index (χ1n) is 9.44. The third-order valence-electron chi connectivity index (χ3n) is 5.49. The van der Waals surface area contributed by atoms with Gasteiger partial charge in [-0.25, -0.2) is 0 Å². The molecule has 2 aliphatic rings. The van der Waals surface area contributed by atoms with Crippen LogP contribution in [0.25, 0.3) is 0 Å². The van der Waals surface area contributed by atoms with Crippen molar-refractivity contribution >= 4 is 35.7 Å². The Labute approximate surface area is 167 Å². The number of amides is 1. The predicted molar refractivity (Wildman–Crippen MR) is 107 cm³/mol. The maximum atomic E-state index is 12.4. The molecule has 1 heterocycles. The Kier molecular flexibility index (Phi) is 8.39. The number of benzene rings is 1. The lowest BCUT2D eigenvalue weighted by Crippen LogP contribution is -2.52. The van der Waals surface area contributed by atoms with Crippen LogP contribution in [0.2, 0.25) is 5.02 Å². The number of piperazine rings is 1. The Bertz CT molecular complexity index is 592. The van der Waals surface area contributed by atoms with Gasteiger partial charge in [0, 0.05) is 55.6 Å². The summed E-state index contributed by atoms with van der Waals surface area (Å²) >= 11 is 5.84. The average Bonchev–Trinajstić information content (AvgIpc) is 2.67. The molecule has 1 aliphatic carbocycles. The van der Waals surface area contributed by atoms with E-state index >= 15 is 0 Å². The van der Waals surface area contributed by atoms with Gasteiger partial charge < -0.3 is 4.90 Å². The highest BCUT2D eigenvalue weighted by Gasteiger charge is 2.27. The maximum absolute atomic E-state index is 12.4. The summed E-state index contributed by atoms with van der Waals surface area (Å²) in [5, 5.41) is 0.614. The van der Waals surface area contributed by atoms with Crippen LogP contribution in [0.3, 0.4) is 0 Å². The molecule has 0 spiro atoms. The van der Waals surface area contributed by atoms with E-state index in [1.54, 1.807) is 24.3 Å². The molecule has 144 valence electrons. The van der Waals surface area contributed by atoms with Crippen LogP contribution in [-0.4, -0.2) is 53.7 Å². The van der Waals surface area contributed by atoms with Crippen molar-refractivity contribution in [2.45, 2.75) is 51.0 Å². The molecule has 0 aromatic heterocycles. The van der Waals surface area contributed by atoms with Crippen LogP contribution in [0, 0.1) is 0 Å². The molecule has 0 atom stereocenters. The molecule has 0 bridgehead atoms. The van der Waals surface area contributed by atoms with Gasteiger partial charge in [-0.1, -0.05) is 30.9 Å². The van der Waals surface area contributed by atoms with E-state index in [1.807, 2.05) is 4.90 Å². The average molecular weight is 399 g/mol. The first-order valence-corrected chi connectivity index (χ1v) is 9.82. The quantitative estimate of drug-likeness (QED) is 0.697. The standard InChI is InChI=1S/C20H27ClN2O2.ClH/c21-17-8-6-16(7-9-17)19(24)10-11-20(25)23-14-12-22(13-15-23)18-4-2-1-3-5-18;/h6-9,18H,1-5,10-15H2;1H. The van der Waals surface area contributed by atoms with Crippen molar-refractivity contribution in [3.63, 3.8) is 0 Å². The van der Waals surface area contributed by atoms with Gasteiger partial charge in [0.15, 0.2) is 5.78 Å². The molecular weight excluding hydrogens is 371 g/mol. The van der Waals surface area contributed by atoms with Crippen molar-refractivity contribution in [3.05, 3.63) is 34.9 Å². The summed E-state index contributed by atoms with van der Waals surface area (Å²) in [6.07, 6.45) is 7.24. The largest absolute Gasteiger partial charge is 0.340 e. The van der Waals surface area contributed by atoms with Gasteiger partial charge in [-0.2, -0.15) is 0 Å².